The number of carbonyl (C=O) groups excluding carboxylic acids is 2. The Hall–Kier alpha value is -2.82. The predicted molar refractivity (Wildman–Crippen MR) is 96.4 cm³/mol. The lowest BCUT2D eigenvalue weighted by Crippen LogP contribution is -2.15. The predicted octanol–water partition coefficient (Wildman–Crippen LogP) is 2.99. The lowest BCUT2D eigenvalue weighted by molar-refractivity contribution is -0.118. The topological polar surface area (TPSA) is 81.4 Å². The van der Waals surface area contributed by atoms with Crippen LogP contribution in [0.2, 0.25) is 0 Å². The Morgan fingerprint density at radius 3 is 2.64 bits per heavy atom. The van der Waals surface area contributed by atoms with Crippen LogP contribution in [0.1, 0.15) is 29.9 Å². The van der Waals surface area contributed by atoms with Gasteiger partial charge in [0.05, 0.1) is 13.0 Å². The molecule has 0 bridgehead atoms. The number of amides is 2. The van der Waals surface area contributed by atoms with Gasteiger partial charge in [-0.25, -0.2) is 0 Å². The Kier molecular flexibility index (Phi) is 5.03. The zero-order valence-electron chi connectivity index (χ0n) is 14.2. The number of aryl methyl sites for hydroxylation is 1. The highest BCUT2D eigenvalue weighted by Crippen LogP contribution is 2.48. The average molecular weight is 338 g/mol. The third-order valence-corrected chi connectivity index (χ3v) is 4.34. The van der Waals surface area contributed by atoms with Gasteiger partial charge in [0.15, 0.2) is 0 Å². The van der Waals surface area contributed by atoms with E-state index in [1.807, 2.05) is 6.07 Å². The monoisotopic (exact) mass is 338 g/mol. The van der Waals surface area contributed by atoms with E-state index in [1.165, 1.54) is 11.1 Å². The first-order valence-electron chi connectivity index (χ1n) is 8.41. The molecule has 2 amide bonds. The number of ether oxygens (including phenoxy) is 1. The highest BCUT2D eigenvalue weighted by atomic mass is 16.5. The van der Waals surface area contributed by atoms with Gasteiger partial charge < -0.3 is 15.8 Å². The summed E-state index contributed by atoms with van der Waals surface area (Å²) >= 11 is 0. The van der Waals surface area contributed by atoms with Crippen LogP contribution < -0.4 is 15.8 Å². The van der Waals surface area contributed by atoms with Crippen LogP contribution in [0.15, 0.2) is 48.5 Å². The van der Waals surface area contributed by atoms with Crippen LogP contribution in [0.4, 0.5) is 5.69 Å². The first kappa shape index (κ1) is 17.0. The van der Waals surface area contributed by atoms with Crippen LogP contribution in [-0.4, -0.2) is 18.4 Å². The molecular formula is C20H22N2O3. The molecular weight excluding hydrogens is 316 g/mol. The fourth-order valence-electron chi connectivity index (χ4n) is 2.89. The van der Waals surface area contributed by atoms with Crippen molar-refractivity contribution in [1.29, 1.82) is 0 Å². The second-order valence-corrected chi connectivity index (χ2v) is 6.44. The minimum Gasteiger partial charge on any atom is -0.493 e. The van der Waals surface area contributed by atoms with Crippen molar-refractivity contribution in [2.24, 2.45) is 11.7 Å². The van der Waals surface area contributed by atoms with Crippen molar-refractivity contribution in [1.82, 2.24) is 0 Å². The van der Waals surface area contributed by atoms with Gasteiger partial charge in [0.25, 0.3) is 0 Å². The summed E-state index contributed by atoms with van der Waals surface area (Å²) in [7, 11) is 0. The molecule has 0 heterocycles. The smallest absolute Gasteiger partial charge is 0.228 e. The molecule has 5 heteroatoms. The summed E-state index contributed by atoms with van der Waals surface area (Å²) < 4.78 is 5.41. The number of benzene rings is 2. The molecule has 130 valence electrons. The van der Waals surface area contributed by atoms with E-state index in [2.05, 4.69) is 30.4 Å². The SMILES string of the molecule is Cc1cccc([C@@H]2C[C@@H]2C(=O)Nc2ccc(OCCC(N)=O)cc2)c1. The highest BCUT2D eigenvalue weighted by Gasteiger charge is 2.43. The first-order valence-corrected chi connectivity index (χ1v) is 8.41. The molecule has 0 saturated heterocycles. The molecule has 1 aliphatic carbocycles. The van der Waals surface area contributed by atoms with Crippen molar-refractivity contribution in [2.45, 2.75) is 25.7 Å². The standard InChI is InChI=1S/C20H22N2O3/c1-13-3-2-4-14(11-13)17-12-18(17)20(24)22-15-5-7-16(8-6-15)25-10-9-19(21)23/h2-8,11,17-18H,9-10,12H2,1H3,(H2,21,23)(H,22,24)/t17-,18-/m0/s1. The Labute approximate surface area is 147 Å². The minimum absolute atomic E-state index is 0.0355. The van der Waals surface area contributed by atoms with Crippen LogP contribution in [0.3, 0.4) is 0 Å². The maximum atomic E-state index is 12.4. The van der Waals surface area contributed by atoms with Gasteiger partial charge in [-0.3, -0.25) is 9.59 Å². The third kappa shape index (κ3) is 4.59. The van der Waals surface area contributed by atoms with E-state index in [4.69, 9.17) is 10.5 Å². The molecule has 0 aliphatic heterocycles. The Balaban J connectivity index is 1.51. The maximum absolute atomic E-state index is 12.4. The van der Waals surface area contributed by atoms with E-state index in [-0.39, 0.29) is 24.9 Å². The van der Waals surface area contributed by atoms with Crippen molar-refractivity contribution in [3.05, 3.63) is 59.7 Å². The normalized spacial score (nSPS) is 18.4. The lowest BCUT2D eigenvalue weighted by atomic mass is 10.1. The number of nitrogens with two attached hydrogens (primary N) is 1. The van der Waals surface area contributed by atoms with E-state index >= 15 is 0 Å². The molecule has 3 rings (SSSR count). The molecule has 3 N–H and O–H groups in total. The molecule has 0 spiro atoms. The van der Waals surface area contributed by atoms with Crippen LogP contribution in [0.5, 0.6) is 5.75 Å². The minimum atomic E-state index is -0.392. The number of anilines is 1. The van der Waals surface area contributed by atoms with Gasteiger partial charge in [0, 0.05) is 11.6 Å². The summed E-state index contributed by atoms with van der Waals surface area (Å²) in [6.07, 6.45) is 1.07. The molecule has 2 aromatic carbocycles. The fourth-order valence-corrected chi connectivity index (χ4v) is 2.89. The van der Waals surface area contributed by atoms with E-state index in [0.29, 0.717) is 11.7 Å². The van der Waals surface area contributed by atoms with Gasteiger partial charge >= 0.3 is 0 Å². The molecule has 0 unspecified atom stereocenters. The summed E-state index contributed by atoms with van der Waals surface area (Å²) in [6, 6.07) is 15.5. The second-order valence-electron chi connectivity index (χ2n) is 6.44. The van der Waals surface area contributed by atoms with Crippen molar-refractivity contribution >= 4 is 17.5 Å². The van der Waals surface area contributed by atoms with Crippen LogP contribution in [0.25, 0.3) is 0 Å². The number of primary amides is 1. The largest absolute Gasteiger partial charge is 0.493 e. The number of nitrogens with one attached hydrogen (secondary N) is 1. The zero-order valence-corrected chi connectivity index (χ0v) is 14.2. The van der Waals surface area contributed by atoms with Gasteiger partial charge in [-0.2, -0.15) is 0 Å². The van der Waals surface area contributed by atoms with Crippen molar-refractivity contribution in [3.8, 4) is 5.75 Å². The fraction of sp³-hybridized carbons (Fsp3) is 0.300. The molecule has 5 nitrogen and oxygen atoms in total. The van der Waals surface area contributed by atoms with Gasteiger partial charge in [0.1, 0.15) is 5.75 Å². The summed E-state index contributed by atoms with van der Waals surface area (Å²) in [6.45, 7) is 2.31. The van der Waals surface area contributed by atoms with Crippen LogP contribution in [-0.2, 0) is 9.59 Å². The molecule has 1 fully saturated rings. The van der Waals surface area contributed by atoms with E-state index in [1.54, 1.807) is 24.3 Å². The van der Waals surface area contributed by atoms with Crippen molar-refractivity contribution < 1.29 is 14.3 Å². The van der Waals surface area contributed by atoms with Crippen molar-refractivity contribution in [3.63, 3.8) is 0 Å². The molecule has 2 atom stereocenters. The Morgan fingerprint density at radius 2 is 1.96 bits per heavy atom. The van der Waals surface area contributed by atoms with E-state index in [0.717, 1.165) is 12.1 Å². The Bertz CT molecular complexity index is 771. The van der Waals surface area contributed by atoms with E-state index < -0.39 is 5.91 Å². The number of carbonyl (C=O) groups is 2. The maximum Gasteiger partial charge on any atom is 0.228 e. The number of hydrogen-bond donors (Lipinski definition) is 2. The zero-order chi connectivity index (χ0) is 17.8. The van der Waals surface area contributed by atoms with Gasteiger partial charge in [-0.15, -0.1) is 0 Å². The Morgan fingerprint density at radius 1 is 1.20 bits per heavy atom. The molecule has 0 aromatic heterocycles. The van der Waals surface area contributed by atoms with Gasteiger partial charge in [-0.05, 0) is 49.1 Å². The average Bonchev–Trinajstić information content (AvgIpc) is 3.37. The quantitative estimate of drug-likeness (QED) is 0.814. The molecule has 1 saturated carbocycles. The summed E-state index contributed by atoms with van der Waals surface area (Å²) in [5.41, 5.74) is 8.26. The molecule has 1 aliphatic rings. The summed E-state index contributed by atoms with van der Waals surface area (Å²) in [4.78, 5) is 23.1. The molecule has 25 heavy (non-hydrogen) atoms. The number of rotatable bonds is 7. The lowest BCUT2D eigenvalue weighted by Gasteiger charge is -2.08. The van der Waals surface area contributed by atoms with Gasteiger partial charge in [-0.1, -0.05) is 29.8 Å². The number of hydrogen-bond acceptors (Lipinski definition) is 3. The third-order valence-electron chi connectivity index (χ3n) is 4.34. The van der Waals surface area contributed by atoms with Gasteiger partial charge in [0.2, 0.25) is 11.8 Å². The second kappa shape index (κ2) is 7.38. The highest BCUT2D eigenvalue weighted by molar-refractivity contribution is 5.95. The first-order chi connectivity index (χ1) is 12.0. The summed E-state index contributed by atoms with van der Waals surface area (Å²) in [5.74, 6) is 0.651. The summed E-state index contributed by atoms with van der Waals surface area (Å²) in [5, 5.41) is 2.95. The van der Waals surface area contributed by atoms with E-state index in [9.17, 15) is 9.59 Å². The molecule has 0 radical (unpaired) electrons. The van der Waals surface area contributed by atoms with Crippen LogP contribution >= 0.6 is 0 Å². The van der Waals surface area contributed by atoms with Crippen LogP contribution in [0, 0.1) is 12.8 Å². The van der Waals surface area contributed by atoms with Crippen molar-refractivity contribution in [2.75, 3.05) is 11.9 Å². The molecule has 2 aromatic rings.